The molecule has 0 unspecified atom stereocenters. The molecule has 0 bridgehead atoms. The molecule has 1 aliphatic rings. The van der Waals surface area contributed by atoms with Crippen LogP contribution in [0.3, 0.4) is 0 Å². The normalized spacial score (nSPS) is 16.5. The third-order valence-corrected chi connectivity index (χ3v) is 8.31. The second kappa shape index (κ2) is 10.2. The Morgan fingerprint density at radius 2 is 1.77 bits per heavy atom. The van der Waals surface area contributed by atoms with Crippen molar-refractivity contribution < 1.29 is 22.7 Å². The highest BCUT2D eigenvalue weighted by molar-refractivity contribution is 7.89. The molecule has 4 rings (SSSR count). The number of H-pyrrole nitrogens is 1. The fourth-order valence-corrected chi connectivity index (χ4v) is 6.55. The van der Waals surface area contributed by atoms with Gasteiger partial charge in [-0.3, -0.25) is 9.59 Å². The topological polar surface area (TPSA) is 121 Å². The molecule has 1 aromatic heterocycles. The maximum Gasteiger partial charge on any atom is 0.309 e. The molecule has 0 radical (unpaired) electrons. The number of para-hydroxylation sites is 1. The number of rotatable bonds is 7. The van der Waals surface area contributed by atoms with Gasteiger partial charge in [0.05, 0.1) is 18.0 Å². The minimum atomic E-state index is -3.84. The van der Waals surface area contributed by atoms with E-state index < -0.39 is 28.1 Å². The number of amides is 2. The van der Waals surface area contributed by atoms with Crippen LogP contribution >= 0.6 is 0 Å². The van der Waals surface area contributed by atoms with Crippen LogP contribution in [0.25, 0.3) is 10.9 Å². The zero-order chi connectivity index (χ0) is 25.2. The van der Waals surface area contributed by atoms with E-state index in [0.29, 0.717) is 24.1 Å². The monoisotopic (exact) mass is 498 g/mol. The summed E-state index contributed by atoms with van der Waals surface area (Å²) >= 11 is 0. The van der Waals surface area contributed by atoms with Crippen molar-refractivity contribution in [3.05, 3.63) is 64.8 Å². The Morgan fingerprint density at radius 3 is 2.51 bits per heavy atom. The van der Waals surface area contributed by atoms with Crippen molar-refractivity contribution in [3.8, 4) is 0 Å². The molecule has 2 aromatic carbocycles. The molecule has 1 aliphatic heterocycles. The van der Waals surface area contributed by atoms with Crippen molar-refractivity contribution >= 4 is 32.7 Å². The summed E-state index contributed by atoms with van der Waals surface area (Å²) < 4.78 is 33.6. The maximum absolute atomic E-state index is 13.4. The summed E-state index contributed by atoms with van der Waals surface area (Å²) in [5.74, 6) is -1.61. The molecule has 1 atom stereocenters. The molecule has 0 spiro atoms. The van der Waals surface area contributed by atoms with Crippen LogP contribution in [-0.2, 0) is 30.8 Å². The first-order valence-corrected chi connectivity index (χ1v) is 12.9. The van der Waals surface area contributed by atoms with Crippen LogP contribution in [0.15, 0.2) is 47.5 Å². The van der Waals surface area contributed by atoms with Crippen LogP contribution in [0.4, 0.5) is 0 Å². The minimum Gasteiger partial charge on any atom is -0.361 e. The van der Waals surface area contributed by atoms with Gasteiger partial charge >= 0.3 is 11.8 Å². The summed E-state index contributed by atoms with van der Waals surface area (Å²) in [5, 5.41) is 6.19. The first kappa shape index (κ1) is 24.9. The lowest BCUT2D eigenvalue weighted by Crippen LogP contribution is -2.47. The number of nitrogens with one attached hydrogen (secondary N) is 3. The zero-order valence-electron chi connectivity index (χ0n) is 20.1. The van der Waals surface area contributed by atoms with Crippen LogP contribution in [0.5, 0.6) is 0 Å². The predicted octanol–water partition coefficient (Wildman–Crippen LogP) is 1.92. The number of aromatic nitrogens is 1. The van der Waals surface area contributed by atoms with Gasteiger partial charge < -0.3 is 20.4 Å². The van der Waals surface area contributed by atoms with Gasteiger partial charge in [0.1, 0.15) is 6.23 Å². The molecule has 2 amide bonds. The van der Waals surface area contributed by atoms with E-state index in [2.05, 4.69) is 15.6 Å². The Hall–Kier alpha value is -3.21. The van der Waals surface area contributed by atoms with Gasteiger partial charge in [-0.1, -0.05) is 35.9 Å². The fourth-order valence-electron chi connectivity index (χ4n) is 4.62. The van der Waals surface area contributed by atoms with Gasteiger partial charge in [-0.15, -0.1) is 0 Å². The van der Waals surface area contributed by atoms with E-state index in [1.807, 2.05) is 49.5 Å². The Bertz CT molecular complexity index is 1340. The van der Waals surface area contributed by atoms with Crippen molar-refractivity contribution in [1.82, 2.24) is 19.9 Å². The van der Waals surface area contributed by atoms with Crippen molar-refractivity contribution in [2.45, 2.75) is 38.3 Å². The SMILES string of the molecule is Cc1cc(C)c(S(=O)(=O)N2CCO[C@H]2CNC(=O)C(=O)NCCc2c[nH]c3ccccc23)c(C)c1. The summed E-state index contributed by atoms with van der Waals surface area (Å²) in [6, 6.07) is 11.5. The van der Waals surface area contributed by atoms with Crippen molar-refractivity contribution in [2.24, 2.45) is 0 Å². The van der Waals surface area contributed by atoms with E-state index >= 15 is 0 Å². The molecule has 35 heavy (non-hydrogen) atoms. The standard InChI is InChI=1S/C25H30N4O5S/c1-16-12-17(2)23(18(3)13-16)35(32,33)29-10-11-34-22(29)15-28-25(31)24(30)26-9-8-19-14-27-21-7-5-4-6-20(19)21/h4-7,12-14,22,27H,8-11,15H2,1-3H3,(H,26,30)(H,28,31)/t22-/m0/s1. The zero-order valence-corrected chi connectivity index (χ0v) is 20.9. The van der Waals surface area contributed by atoms with E-state index in [0.717, 1.165) is 22.0 Å². The first-order chi connectivity index (χ1) is 16.7. The third kappa shape index (κ3) is 5.24. The predicted molar refractivity (Wildman–Crippen MR) is 132 cm³/mol. The van der Waals surface area contributed by atoms with Crippen LogP contribution in [-0.4, -0.2) is 62.0 Å². The minimum absolute atomic E-state index is 0.127. The maximum atomic E-state index is 13.4. The molecule has 0 saturated carbocycles. The quantitative estimate of drug-likeness (QED) is 0.430. The van der Waals surface area contributed by atoms with E-state index in [9.17, 15) is 18.0 Å². The molecule has 1 saturated heterocycles. The number of sulfonamides is 1. The summed E-state index contributed by atoms with van der Waals surface area (Å²) in [4.78, 5) is 28.0. The second-order valence-electron chi connectivity index (χ2n) is 8.74. The van der Waals surface area contributed by atoms with Crippen molar-refractivity contribution in [2.75, 3.05) is 26.2 Å². The summed E-state index contributed by atoms with van der Waals surface area (Å²) in [5.41, 5.74) is 4.36. The first-order valence-electron chi connectivity index (χ1n) is 11.5. The van der Waals surface area contributed by atoms with Gasteiger partial charge in [0.25, 0.3) is 0 Å². The molecular formula is C25H30N4O5S. The van der Waals surface area contributed by atoms with Crippen molar-refractivity contribution in [1.29, 1.82) is 0 Å². The van der Waals surface area contributed by atoms with Crippen LogP contribution in [0.1, 0.15) is 22.3 Å². The number of benzene rings is 2. The molecule has 9 nitrogen and oxygen atoms in total. The highest BCUT2D eigenvalue weighted by atomic mass is 32.2. The Labute approximate surface area is 204 Å². The van der Waals surface area contributed by atoms with E-state index in [1.54, 1.807) is 13.8 Å². The van der Waals surface area contributed by atoms with E-state index in [4.69, 9.17) is 4.74 Å². The summed E-state index contributed by atoms with van der Waals surface area (Å²) in [7, 11) is -3.84. The smallest absolute Gasteiger partial charge is 0.309 e. The van der Waals surface area contributed by atoms with Crippen LogP contribution < -0.4 is 10.6 Å². The number of hydrogen-bond acceptors (Lipinski definition) is 5. The number of fused-ring (bicyclic) bond motifs is 1. The second-order valence-corrected chi connectivity index (χ2v) is 10.6. The molecule has 186 valence electrons. The Balaban J connectivity index is 1.32. The number of aromatic amines is 1. The molecule has 1 fully saturated rings. The highest BCUT2D eigenvalue weighted by Gasteiger charge is 2.38. The number of carbonyl (C=O) groups excluding carboxylic acids is 2. The van der Waals surface area contributed by atoms with Gasteiger partial charge in [-0.05, 0) is 49.9 Å². The largest absolute Gasteiger partial charge is 0.361 e. The number of aryl methyl sites for hydroxylation is 3. The van der Waals surface area contributed by atoms with Crippen molar-refractivity contribution in [3.63, 3.8) is 0 Å². The number of ether oxygens (including phenoxy) is 1. The number of nitrogens with zero attached hydrogens (tertiary/aromatic N) is 1. The van der Waals surface area contributed by atoms with Gasteiger partial charge in [0.2, 0.25) is 10.0 Å². The summed E-state index contributed by atoms with van der Waals surface area (Å²) in [6.45, 7) is 5.99. The van der Waals surface area contributed by atoms with Gasteiger partial charge in [0, 0.05) is 30.2 Å². The molecule has 3 N–H and O–H groups in total. The lowest BCUT2D eigenvalue weighted by atomic mass is 10.1. The molecule has 10 heteroatoms. The average Bonchev–Trinajstić information content (AvgIpc) is 3.44. The number of carbonyl (C=O) groups is 2. The lowest BCUT2D eigenvalue weighted by molar-refractivity contribution is -0.139. The average molecular weight is 499 g/mol. The molecule has 0 aliphatic carbocycles. The van der Waals surface area contributed by atoms with Gasteiger partial charge in [-0.2, -0.15) is 4.31 Å². The molecule has 3 aromatic rings. The fraction of sp³-hybridized carbons (Fsp3) is 0.360. The summed E-state index contributed by atoms with van der Waals surface area (Å²) in [6.07, 6.45) is 1.57. The van der Waals surface area contributed by atoms with Crippen LogP contribution in [0.2, 0.25) is 0 Å². The lowest BCUT2D eigenvalue weighted by Gasteiger charge is -2.24. The highest BCUT2D eigenvalue weighted by Crippen LogP contribution is 2.28. The van der Waals surface area contributed by atoms with E-state index in [1.165, 1.54) is 4.31 Å². The number of hydrogen-bond donors (Lipinski definition) is 3. The van der Waals surface area contributed by atoms with Crippen LogP contribution in [0, 0.1) is 20.8 Å². The van der Waals surface area contributed by atoms with Gasteiger partial charge in [0.15, 0.2) is 0 Å². The third-order valence-electron chi connectivity index (χ3n) is 6.11. The Kier molecular flexibility index (Phi) is 7.25. The molecule has 2 heterocycles. The van der Waals surface area contributed by atoms with E-state index in [-0.39, 0.29) is 24.6 Å². The van der Waals surface area contributed by atoms with Gasteiger partial charge in [-0.25, -0.2) is 8.42 Å². The molecular weight excluding hydrogens is 468 g/mol. The Morgan fingerprint density at radius 1 is 1.09 bits per heavy atom.